The molecule has 19 heavy (non-hydrogen) atoms. The molecule has 0 aliphatic rings. The fourth-order valence-electron chi connectivity index (χ4n) is 1.82. The van der Waals surface area contributed by atoms with Crippen molar-refractivity contribution in [2.24, 2.45) is 0 Å². The molecule has 0 N–H and O–H groups in total. The topological polar surface area (TPSA) is 49.1 Å². The van der Waals surface area contributed by atoms with Gasteiger partial charge in [0.25, 0.3) is 0 Å². The molecule has 0 bridgehead atoms. The summed E-state index contributed by atoms with van der Waals surface area (Å²) < 4.78 is 5.20. The van der Waals surface area contributed by atoms with Crippen molar-refractivity contribution in [3.8, 4) is 11.8 Å². The van der Waals surface area contributed by atoms with Gasteiger partial charge in [0.15, 0.2) is 0 Å². The van der Waals surface area contributed by atoms with Crippen LogP contribution in [0.25, 0.3) is 0 Å². The van der Waals surface area contributed by atoms with Gasteiger partial charge in [0.1, 0.15) is 11.6 Å². The number of benzene rings is 1. The van der Waals surface area contributed by atoms with Crippen molar-refractivity contribution in [3.05, 3.63) is 53.7 Å². The number of aromatic nitrogens is 1. The van der Waals surface area contributed by atoms with Gasteiger partial charge in [0.05, 0.1) is 18.7 Å². The van der Waals surface area contributed by atoms with Gasteiger partial charge in [-0.15, -0.1) is 0 Å². The summed E-state index contributed by atoms with van der Waals surface area (Å²) >= 11 is 0. The summed E-state index contributed by atoms with van der Waals surface area (Å²) in [5, 5.41) is 8.89. The molecule has 1 heterocycles. The summed E-state index contributed by atoms with van der Waals surface area (Å²) in [7, 11) is 3.60. The molecule has 0 aliphatic heterocycles. The van der Waals surface area contributed by atoms with E-state index in [0.717, 1.165) is 17.1 Å². The average molecular weight is 253 g/mol. The van der Waals surface area contributed by atoms with Crippen molar-refractivity contribution in [2.45, 2.75) is 6.54 Å². The van der Waals surface area contributed by atoms with Crippen LogP contribution in [0.3, 0.4) is 0 Å². The van der Waals surface area contributed by atoms with Crippen molar-refractivity contribution >= 4 is 5.82 Å². The Morgan fingerprint density at radius 3 is 2.89 bits per heavy atom. The Kier molecular flexibility index (Phi) is 3.99. The molecule has 0 aliphatic carbocycles. The second-order valence-corrected chi connectivity index (χ2v) is 4.22. The van der Waals surface area contributed by atoms with E-state index in [1.54, 1.807) is 25.4 Å². The lowest BCUT2D eigenvalue weighted by Crippen LogP contribution is -2.17. The minimum absolute atomic E-state index is 0.613. The van der Waals surface area contributed by atoms with Crippen LogP contribution < -0.4 is 9.64 Å². The van der Waals surface area contributed by atoms with Gasteiger partial charge in [-0.05, 0) is 29.8 Å². The summed E-state index contributed by atoms with van der Waals surface area (Å²) in [6, 6.07) is 13.5. The van der Waals surface area contributed by atoms with Crippen LogP contribution in [0.15, 0.2) is 42.6 Å². The SMILES string of the molecule is COc1cccc(CN(C)c2cc(C#N)ccn2)c1. The molecule has 0 unspecified atom stereocenters. The fraction of sp³-hybridized carbons (Fsp3) is 0.200. The number of anilines is 1. The Labute approximate surface area is 112 Å². The van der Waals surface area contributed by atoms with Gasteiger partial charge in [-0.25, -0.2) is 4.98 Å². The van der Waals surface area contributed by atoms with E-state index in [2.05, 4.69) is 11.1 Å². The highest BCUT2D eigenvalue weighted by atomic mass is 16.5. The minimum Gasteiger partial charge on any atom is -0.497 e. The van der Waals surface area contributed by atoms with E-state index in [0.29, 0.717) is 12.1 Å². The zero-order valence-corrected chi connectivity index (χ0v) is 11.0. The van der Waals surface area contributed by atoms with E-state index in [-0.39, 0.29) is 0 Å². The van der Waals surface area contributed by atoms with Gasteiger partial charge in [0.2, 0.25) is 0 Å². The maximum Gasteiger partial charge on any atom is 0.129 e. The third kappa shape index (κ3) is 3.23. The predicted octanol–water partition coefficient (Wildman–Crippen LogP) is 2.60. The summed E-state index contributed by atoms with van der Waals surface area (Å²) in [5.74, 6) is 1.62. The lowest BCUT2D eigenvalue weighted by Gasteiger charge is -2.18. The van der Waals surface area contributed by atoms with E-state index in [9.17, 15) is 0 Å². The molecule has 1 aromatic heterocycles. The Hall–Kier alpha value is -2.54. The molecule has 1 aromatic carbocycles. The van der Waals surface area contributed by atoms with Gasteiger partial charge in [0, 0.05) is 19.8 Å². The average Bonchev–Trinajstić information content (AvgIpc) is 2.47. The standard InChI is InChI=1S/C15H15N3O/c1-18(15-9-12(10-16)6-7-17-15)11-13-4-3-5-14(8-13)19-2/h3-9H,11H2,1-2H3. The van der Waals surface area contributed by atoms with Gasteiger partial charge in [-0.1, -0.05) is 12.1 Å². The van der Waals surface area contributed by atoms with Crippen molar-refractivity contribution in [3.63, 3.8) is 0 Å². The van der Waals surface area contributed by atoms with Crippen LogP contribution >= 0.6 is 0 Å². The number of hydrogen-bond acceptors (Lipinski definition) is 4. The zero-order valence-electron chi connectivity index (χ0n) is 11.0. The van der Waals surface area contributed by atoms with Crippen LogP contribution in [0.5, 0.6) is 5.75 Å². The number of ether oxygens (including phenoxy) is 1. The van der Waals surface area contributed by atoms with E-state index >= 15 is 0 Å². The second kappa shape index (κ2) is 5.87. The number of pyridine rings is 1. The molecule has 4 nitrogen and oxygen atoms in total. The number of rotatable bonds is 4. The maximum atomic E-state index is 8.89. The molecule has 0 saturated carbocycles. The molecule has 0 atom stereocenters. The Morgan fingerprint density at radius 2 is 2.16 bits per heavy atom. The molecule has 0 saturated heterocycles. The molecule has 2 rings (SSSR count). The van der Waals surface area contributed by atoms with Crippen LogP contribution in [-0.4, -0.2) is 19.1 Å². The number of nitriles is 1. The summed E-state index contributed by atoms with van der Waals surface area (Å²) in [6.07, 6.45) is 1.65. The third-order valence-electron chi connectivity index (χ3n) is 2.82. The fourth-order valence-corrected chi connectivity index (χ4v) is 1.82. The quantitative estimate of drug-likeness (QED) is 0.840. The van der Waals surface area contributed by atoms with Crippen molar-refractivity contribution in [1.29, 1.82) is 5.26 Å². The Bertz CT molecular complexity index is 604. The zero-order chi connectivity index (χ0) is 13.7. The normalized spacial score (nSPS) is 9.74. The van der Waals surface area contributed by atoms with Gasteiger partial charge in [-0.2, -0.15) is 5.26 Å². The van der Waals surface area contributed by atoms with Gasteiger partial charge < -0.3 is 9.64 Å². The smallest absolute Gasteiger partial charge is 0.129 e. The first-order chi connectivity index (χ1) is 9.22. The van der Waals surface area contributed by atoms with E-state index in [1.165, 1.54) is 0 Å². The molecule has 0 spiro atoms. The Morgan fingerprint density at radius 1 is 1.32 bits per heavy atom. The molecule has 0 amide bonds. The van der Waals surface area contributed by atoms with E-state index < -0.39 is 0 Å². The van der Waals surface area contributed by atoms with Crippen molar-refractivity contribution in [1.82, 2.24) is 4.98 Å². The summed E-state index contributed by atoms with van der Waals surface area (Å²) in [5.41, 5.74) is 1.74. The number of methoxy groups -OCH3 is 1. The predicted molar refractivity (Wildman–Crippen MR) is 74.1 cm³/mol. The maximum absolute atomic E-state index is 8.89. The van der Waals surface area contributed by atoms with Crippen LogP contribution in [0.1, 0.15) is 11.1 Å². The van der Waals surface area contributed by atoms with Crippen LogP contribution in [0, 0.1) is 11.3 Å². The van der Waals surface area contributed by atoms with E-state index in [4.69, 9.17) is 10.00 Å². The number of nitrogens with zero attached hydrogens (tertiary/aromatic N) is 3. The molecular weight excluding hydrogens is 238 g/mol. The van der Waals surface area contributed by atoms with Gasteiger partial charge in [-0.3, -0.25) is 0 Å². The lowest BCUT2D eigenvalue weighted by molar-refractivity contribution is 0.414. The first-order valence-corrected chi connectivity index (χ1v) is 5.93. The largest absolute Gasteiger partial charge is 0.497 e. The van der Waals surface area contributed by atoms with E-state index in [1.807, 2.05) is 36.2 Å². The summed E-state index contributed by atoms with van der Waals surface area (Å²) in [4.78, 5) is 6.27. The highest BCUT2D eigenvalue weighted by Gasteiger charge is 2.05. The van der Waals surface area contributed by atoms with Crippen LogP contribution in [-0.2, 0) is 6.54 Å². The minimum atomic E-state index is 0.613. The molecule has 0 radical (unpaired) electrons. The third-order valence-corrected chi connectivity index (χ3v) is 2.82. The van der Waals surface area contributed by atoms with Crippen molar-refractivity contribution in [2.75, 3.05) is 19.1 Å². The lowest BCUT2D eigenvalue weighted by atomic mass is 10.2. The molecular formula is C15H15N3O. The molecule has 0 fully saturated rings. The highest BCUT2D eigenvalue weighted by molar-refractivity contribution is 5.45. The summed E-state index contributed by atoms with van der Waals surface area (Å²) in [6.45, 7) is 0.707. The number of hydrogen-bond donors (Lipinski definition) is 0. The second-order valence-electron chi connectivity index (χ2n) is 4.22. The molecule has 4 heteroatoms. The first-order valence-electron chi connectivity index (χ1n) is 5.93. The van der Waals surface area contributed by atoms with Crippen LogP contribution in [0.2, 0.25) is 0 Å². The van der Waals surface area contributed by atoms with Gasteiger partial charge >= 0.3 is 0 Å². The molecule has 96 valence electrons. The first kappa shape index (κ1) is 12.9. The molecule has 2 aromatic rings. The monoisotopic (exact) mass is 253 g/mol. The van der Waals surface area contributed by atoms with Crippen molar-refractivity contribution < 1.29 is 4.74 Å². The van der Waals surface area contributed by atoms with Crippen LogP contribution in [0.4, 0.5) is 5.82 Å². The highest BCUT2D eigenvalue weighted by Crippen LogP contribution is 2.17. The Balaban J connectivity index is 2.15.